The SMILES string of the molecule is Cc1cncc(-c2cc3nn(-c4ccc(Cl)c(F)n4)cc3cn2)n1. The van der Waals surface area contributed by atoms with E-state index in [4.69, 9.17) is 11.6 Å². The predicted molar refractivity (Wildman–Crippen MR) is 87.4 cm³/mol. The second-order valence-electron chi connectivity index (χ2n) is 5.19. The van der Waals surface area contributed by atoms with Crippen LogP contribution in [-0.2, 0) is 0 Å². The summed E-state index contributed by atoms with van der Waals surface area (Å²) in [4.78, 5) is 16.7. The highest BCUT2D eigenvalue weighted by Crippen LogP contribution is 2.21. The normalized spacial score (nSPS) is 11.1. The summed E-state index contributed by atoms with van der Waals surface area (Å²) < 4.78 is 15.0. The van der Waals surface area contributed by atoms with Crippen molar-refractivity contribution in [2.75, 3.05) is 0 Å². The summed E-state index contributed by atoms with van der Waals surface area (Å²) in [6.07, 6.45) is 6.74. The molecule has 24 heavy (non-hydrogen) atoms. The zero-order valence-corrected chi connectivity index (χ0v) is 13.2. The zero-order valence-electron chi connectivity index (χ0n) is 12.5. The Morgan fingerprint density at radius 2 is 1.96 bits per heavy atom. The van der Waals surface area contributed by atoms with E-state index >= 15 is 0 Å². The summed E-state index contributed by atoms with van der Waals surface area (Å²) in [6, 6.07) is 4.84. The van der Waals surface area contributed by atoms with Crippen molar-refractivity contribution in [2.24, 2.45) is 0 Å². The Morgan fingerprint density at radius 1 is 1.08 bits per heavy atom. The van der Waals surface area contributed by atoms with E-state index in [0.29, 0.717) is 22.7 Å². The molecule has 6 nitrogen and oxygen atoms in total. The minimum atomic E-state index is -0.734. The van der Waals surface area contributed by atoms with Crippen molar-refractivity contribution in [1.29, 1.82) is 0 Å². The van der Waals surface area contributed by atoms with Gasteiger partial charge in [0.1, 0.15) is 5.69 Å². The van der Waals surface area contributed by atoms with Gasteiger partial charge in [-0.05, 0) is 25.1 Å². The van der Waals surface area contributed by atoms with Crippen LogP contribution in [-0.4, -0.2) is 29.7 Å². The first-order valence-corrected chi connectivity index (χ1v) is 7.45. The fraction of sp³-hybridized carbons (Fsp3) is 0.0625. The third-order valence-corrected chi connectivity index (χ3v) is 3.71. The molecule has 0 aliphatic rings. The Balaban J connectivity index is 1.80. The highest BCUT2D eigenvalue weighted by molar-refractivity contribution is 6.30. The summed E-state index contributed by atoms with van der Waals surface area (Å²) in [6.45, 7) is 1.87. The van der Waals surface area contributed by atoms with Crippen LogP contribution in [0, 0.1) is 12.9 Å². The van der Waals surface area contributed by atoms with Crippen molar-refractivity contribution in [3.63, 3.8) is 0 Å². The quantitative estimate of drug-likeness (QED) is 0.523. The molecule has 0 aliphatic heterocycles. The summed E-state index contributed by atoms with van der Waals surface area (Å²) >= 11 is 5.66. The van der Waals surface area contributed by atoms with Crippen LogP contribution in [0.15, 0.2) is 43.0 Å². The summed E-state index contributed by atoms with van der Waals surface area (Å²) in [5.74, 6) is -0.396. The van der Waals surface area contributed by atoms with E-state index < -0.39 is 5.95 Å². The van der Waals surface area contributed by atoms with Crippen LogP contribution >= 0.6 is 11.6 Å². The van der Waals surface area contributed by atoms with Gasteiger partial charge in [-0.15, -0.1) is 0 Å². The van der Waals surface area contributed by atoms with Gasteiger partial charge in [0.05, 0.1) is 28.1 Å². The van der Waals surface area contributed by atoms with Gasteiger partial charge in [0.25, 0.3) is 0 Å². The Bertz CT molecular complexity index is 1060. The number of pyridine rings is 2. The van der Waals surface area contributed by atoms with Gasteiger partial charge in [-0.3, -0.25) is 9.97 Å². The molecule has 0 radical (unpaired) electrons. The number of rotatable bonds is 2. The number of fused-ring (bicyclic) bond motifs is 1. The predicted octanol–water partition coefficient (Wildman–Crippen LogP) is 3.37. The standard InChI is InChI=1S/C16H10ClFN6/c1-9-5-19-7-14(21-9)13-4-12-10(6-20-13)8-24(23-12)15-3-2-11(17)16(18)22-15/h2-8H,1H3. The molecule has 0 aliphatic carbocycles. The molecule has 0 saturated carbocycles. The average molecular weight is 341 g/mol. The fourth-order valence-electron chi connectivity index (χ4n) is 2.30. The Labute approximate surface area is 141 Å². The lowest BCUT2D eigenvalue weighted by atomic mass is 10.2. The molecule has 0 bridgehead atoms. The van der Waals surface area contributed by atoms with Gasteiger partial charge >= 0.3 is 0 Å². The molecule has 4 aromatic heterocycles. The average Bonchev–Trinajstić information content (AvgIpc) is 3.00. The van der Waals surface area contributed by atoms with Crippen LogP contribution in [0.1, 0.15) is 5.69 Å². The largest absolute Gasteiger partial charge is 0.261 e. The van der Waals surface area contributed by atoms with Gasteiger partial charge in [-0.2, -0.15) is 14.5 Å². The fourth-order valence-corrected chi connectivity index (χ4v) is 2.40. The minimum absolute atomic E-state index is 0.0302. The molecular formula is C16H10ClFN6. The van der Waals surface area contributed by atoms with E-state index in [0.717, 1.165) is 11.1 Å². The van der Waals surface area contributed by atoms with E-state index in [1.54, 1.807) is 30.9 Å². The van der Waals surface area contributed by atoms with E-state index in [-0.39, 0.29) is 5.02 Å². The molecule has 118 valence electrons. The van der Waals surface area contributed by atoms with Crippen LogP contribution in [0.4, 0.5) is 4.39 Å². The van der Waals surface area contributed by atoms with E-state index in [9.17, 15) is 4.39 Å². The molecule has 0 saturated heterocycles. The summed E-state index contributed by atoms with van der Waals surface area (Å²) in [5.41, 5.74) is 2.84. The van der Waals surface area contributed by atoms with Crippen LogP contribution in [0.25, 0.3) is 28.1 Å². The lowest BCUT2D eigenvalue weighted by Crippen LogP contribution is -1.99. The van der Waals surface area contributed by atoms with Crippen LogP contribution < -0.4 is 0 Å². The monoisotopic (exact) mass is 340 g/mol. The topological polar surface area (TPSA) is 69.4 Å². The molecule has 0 aromatic carbocycles. The minimum Gasteiger partial charge on any atom is -0.261 e. The van der Waals surface area contributed by atoms with Crippen LogP contribution in [0.3, 0.4) is 0 Å². The van der Waals surface area contributed by atoms with Gasteiger partial charge in [-0.1, -0.05) is 11.6 Å². The zero-order chi connectivity index (χ0) is 16.7. The molecule has 0 atom stereocenters. The lowest BCUT2D eigenvalue weighted by Gasteiger charge is -2.00. The van der Waals surface area contributed by atoms with Crippen LogP contribution in [0.5, 0.6) is 0 Å². The number of aryl methyl sites for hydroxylation is 1. The van der Waals surface area contributed by atoms with Gasteiger partial charge in [0.15, 0.2) is 5.82 Å². The third-order valence-electron chi connectivity index (χ3n) is 3.43. The van der Waals surface area contributed by atoms with Crippen LogP contribution in [0.2, 0.25) is 5.02 Å². The maximum Gasteiger partial charge on any atom is 0.233 e. The number of hydrogen-bond donors (Lipinski definition) is 0. The molecular weight excluding hydrogens is 331 g/mol. The summed E-state index contributed by atoms with van der Waals surface area (Å²) in [5, 5.41) is 5.19. The maximum atomic E-state index is 13.5. The molecule has 0 spiro atoms. The molecule has 4 aromatic rings. The van der Waals surface area contributed by atoms with Gasteiger partial charge in [0, 0.05) is 24.0 Å². The van der Waals surface area contributed by atoms with E-state index in [2.05, 4.69) is 25.0 Å². The van der Waals surface area contributed by atoms with Crippen molar-refractivity contribution in [3.8, 4) is 17.2 Å². The highest BCUT2D eigenvalue weighted by Gasteiger charge is 2.10. The molecule has 0 unspecified atom stereocenters. The van der Waals surface area contributed by atoms with E-state index in [1.807, 2.05) is 13.0 Å². The number of aromatic nitrogens is 6. The molecule has 0 N–H and O–H groups in total. The highest BCUT2D eigenvalue weighted by atomic mass is 35.5. The lowest BCUT2D eigenvalue weighted by molar-refractivity contribution is 0.578. The third kappa shape index (κ3) is 2.59. The number of nitrogens with zero attached hydrogens (tertiary/aromatic N) is 6. The second kappa shape index (κ2) is 5.61. The number of hydrogen-bond acceptors (Lipinski definition) is 5. The molecule has 4 rings (SSSR count). The molecule has 0 amide bonds. The smallest absolute Gasteiger partial charge is 0.233 e. The molecule has 4 heterocycles. The van der Waals surface area contributed by atoms with Crippen molar-refractivity contribution in [2.45, 2.75) is 6.92 Å². The van der Waals surface area contributed by atoms with Crippen molar-refractivity contribution in [1.82, 2.24) is 29.7 Å². The Morgan fingerprint density at radius 3 is 2.75 bits per heavy atom. The van der Waals surface area contributed by atoms with Crippen molar-refractivity contribution < 1.29 is 4.39 Å². The Hall–Kier alpha value is -2.93. The van der Waals surface area contributed by atoms with Gasteiger partial charge in [-0.25, -0.2) is 9.67 Å². The first kappa shape index (κ1) is 14.6. The first-order valence-electron chi connectivity index (χ1n) is 7.07. The van der Waals surface area contributed by atoms with Gasteiger partial charge in [0.2, 0.25) is 5.95 Å². The van der Waals surface area contributed by atoms with E-state index in [1.165, 1.54) is 10.7 Å². The van der Waals surface area contributed by atoms with Crippen molar-refractivity contribution in [3.05, 3.63) is 59.7 Å². The van der Waals surface area contributed by atoms with Crippen molar-refractivity contribution >= 4 is 22.5 Å². The van der Waals surface area contributed by atoms with Gasteiger partial charge < -0.3 is 0 Å². The Kier molecular flexibility index (Phi) is 3.42. The maximum absolute atomic E-state index is 13.5. The molecule has 8 heteroatoms. The molecule has 0 fully saturated rings. The first-order chi connectivity index (χ1) is 11.6. The second-order valence-corrected chi connectivity index (χ2v) is 5.60. The number of halogens is 2. The summed E-state index contributed by atoms with van der Waals surface area (Å²) in [7, 11) is 0.